The Labute approximate surface area is 188 Å². The van der Waals surface area contributed by atoms with E-state index < -0.39 is 11.7 Å². The monoisotopic (exact) mass is 441 g/mol. The maximum Gasteiger partial charge on any atom is 0.278 e. The lowest BCUT2D eigenvalue weighted by molar-refractivity contribution is 0.102. The Morgan fingerprint density at radius 1 is 1.06 bits per heavy atom. The number of halogens is 1. The summed E-state index contributed by atoms with van der Waals surface area (Å²) in [5, 5.41) is 15.9. The van der Waals surface area contributed by atoms with Crippen LogP contribution in [0.4, 0.5) is 10.1 Å². The highest BCUT2D eigenvalue weighted by Crippen LogP contribution is 2.30. The highest BCUT2D eigenvalue weighted by Gasteiger charge is 2.22. The van der Waals surface area contributed by atoms with Crippen molar-refractivity contribution in [1.29, 1.82) is 0 Å². The van der Waals surface area contributed by atoms with Crippen molar-refractivity contribution in [3.63, 3.8) is 0 Å². The van der Waals surface area contributed by atoms with Crippen LogP contribution in [-0.2, 0) is 6.42 Å². The molecule has 0 saturated carbocycles. The van der Waals surface area contributed by atoms with E-state index in [4.69, 9.17) is 4.52 Å². The van der Waals surface area contributed by atoms with Crippen LogP contribution in [-0.4, -0.2) is 26.1 Å². The molecule has 1 N–H and O–H groups in total. The molecule has 0 spiro atoms. The highest BCUT2D eigenvalue weighted by molar-refractivity contribution is 6.03. The van der Waals surface area contributed by atoms with Gasteiger partial charge in [0.05, 0.1) is 22.5 Å². The summed E-state index contributed by atoms with van der Waals surface area (Å²) >= 11 is 0. The van der Waals surface area contributed by atoms with Crippen molar-refractivity contribution in [2.24, 2.45) is 0 Å². The second-order valence-corrected chi connectivity index (χ2v) is 7.56. The van der Waals surface area contributed by atoms with Crippen molar-refractivity contribution >= 4 is 22.5 Å². The average molecular weight is 441 g/mol. The predicted molar refractivity (Wildman–Crippen MR) is 123 cm³/mol. The molecule has 1 amide bonds. The van der Waals surface area contributed by atoms with E-state index in [-0.39, 0.29) is 11.4 Å². The number of anilines is 1. The Morgan fingerprint density at radius 3 is 2.64 bits per heavy atom. The number of fused-ring (bicyclic) bond motifs is 1. The zero-order chi connectivity index (χ0) is 22.8. The minimum Gasteiger partial charge on any atom is -0.355 e. The summed E-state index contributed by atoms with van der Waals surface area (Å²) in [6.45, 7) is 2.01. The van der Waals surface area contributed by atoms with E-state index in [0.717, 1.165) is 23.1 Å². The van der Waals surface area contributed by atoms with Crippen LogP contribution in [0.3, 0.4) is 0 Å². The molecule has 0 atom stereocenters. The predicted octanol–water partition coefficient (Wildman–Crippen LogP) is 5.42. The SMILES string of the molecule is CCCc1c(C(=O)Nc2ccccc2F)nnn1-c1ccc2noc(-c3ccccc3)c2c1. The van der Waals surface area contributed by atoms with Gasteiger partial charge in [-0.15, -0.1) is 5.10 Å². The number of carbonyl (C=O) groups excluding carboxylic acids is 1. The van der Waals surface area contributed by atoms with Crippen molar-refractivity contribution in [1.82, 2.24) is 20.2 Å². The number of nitrogens with one attached hydrogen (secondary N) is 1. The number of rotatable bonds is 6. The third-order valence-corrected chi connectivity index (χ3v) is 5.33. The summed E-state index contributed by atoms with van der Waals surface area (Å²) < 4.78 is 21.2. The van der Waals surface area contributed by atoms with Gasteiger partial charge in [0.1, 0.15) is 11.3 Å². The topological polar surface area (TPSA) is 85.8 Å². The quantitative estimate of drug-likeness (QED) is 0.380. The molecule has 0 radical (unpaired) electrons. The number of benzene rings is 3. The first-order valence-corrected chi connectivity index (χ1v) is 10.6. The maximum absolute atomic E-state index is 14.0. The van der Waals surface area contributed by atoms with E-state index in [1.165, 1.54) is 12.1 Å². The second kappa shape index (κ2) is 8.66. The lowest BCUT2D eigenvalue weighted by Crippen LogP contribution is -2.16. The molecule has 8 heteroatoms. The van der Waals surface area contributed by atoms with E-state index in [1.54, 1.807) is 16.8 Å². The zero-order valence-corrected chi connectivity index (χ0v) is 17.8. The van der Waals surface area contributed by atoms with Gasteiger partial charge in [0.15, 0.2) is 11.5 Å². The van der Waals surface area contributed by atoms with Crippen molar-refractivity contribution in [3.05, 3.63) is 90.0 Å². The summed E-state index contributed by atoms with van der Waals surface area (Å²) in [6.07, 6.45) is 1.35. The third kappa shape index (κ3) is 3.87. The first-order chi connectivity index (χ1) is 16.2. The van der Waals surface area contributed by atoms with E-state index in [2.05, 4.69) is 20.8 Å². The van der Waals surface area contributed by atoms with Gasteiger partial charge in [-0.05, 0) is 36.8 Å². The molecule has 0 aliphatic heterocycles. The van der Waals surface area contributed by atoms with Crippen LogP contribution in [0, 0.1) is 5.82 Å². The minimum atomic E-state index is -0.512. The Kier molecular flexibility index (Phi) is 5.40. The van der Waals surface area contributed by atoms with E-state index in [1.807, 2.05) is 55.5 Å². The summed E-state index contributed by atoms with van der Waals surface area (Å²) in [6, 6.07) is 21.3. The smallest absolute Gasteiger partial charge is 0.278 e. The fourth-order valence-electron chi connectivity index (χ4n) is 3.75. The first kappa shape index (κ1) is 20.6. The van der Waals surface area contributed by atoms with Crippen LogP contribution in [0.1, 0.15) is 29.5 Å². The van der Waals surface area contributed by atoms with Crippen LogP contribution in [0.2, 0.25) is 0 Å². The number of hydrogen-bond acceptors (Lipinski definition) is 5. The first-order valence-electron chi connectivity index (χ1n) is 10.6. The molecule has 5 aromatic rings. The van der Waals surface area contributed by atoms with Crippen LogP contribution in [0.5, 0.6) is 0 Å². The van der Waals surface area contributed by atoms with Gasteiger partial charge in [0.2, 0.25) is 0 Å². The number of aromatic nitrogens is 4. The number of amides is 1. The molecule has 7 nitrogen and oxygen atoms in total. The van der Waals surface area contributed by atoms with Crippen LogP contribution in [0.25, 0.3) is 27.9 Å². The fraction of sp³-hybridized carbons (Fsp3) is 0.120. The van der Waals surface area contributed by atoms with Crippen LogP contribution < -0.4 is 5.32 Å². The molecule has 0 bridgehead atoms. The number of hydrogen-bond donors (Lipinski definition) is 1. The Bertz CT molecular complexity index is 1440. The molecule has 0 fully saturated rings. The van der Waals surface area contributed by atoms with E-state index in [9.17, 15) is 9.18 Å². The van der Waals surface area contributed by atoms with E-state index >= 15 is 0 Å². The van der Waals surface area contributed by atoms with Gasteiger partial charge in [-0.2, -0.15) is 0 Å². The number of carbonyl (C=O) groups is 1. The Morgan fingerprint density at radius 2 is 1.85 bits per heavy atom. The number of para-hydroxylation sites is 1. The molecule has 2 aromatic heterocycles. The molecule has 0 aliphatic rings. The van der Waals surface area contributed by atoms with Crippen molar-refractivity contribution in [3.8, 4) is 17.0 Å². The molecule has 0 aliphatic carbocycles. The van der Waals surface area contributed by atoms with E-state index in [0.29, 0.717) is 23.4 Å². The summed E-state index contributed by atoms with van der Waals surface area (Å²) in [5.74, 6) is -0.366. The second-order valence-electron chi connectivity index (χ2n) is 7.56. The van der Waals surface area contributed by atoms with Gasteiger partial charge in [-0.3, -0.25) is 4.79 Å². The van der Waals surface area contributed by atoms with Crippen LogP contribution in [0.15, 0.2) is 77.3 Å². The Hall–Kier alpha value is -4.33. The molecule has 5 rings (SSSR count). The molecule has 33 heavy (non-hydrogen) atoms. The summed E-state index contributed by atoms with van der Waals surface area (Å²) in [4.78, 5) is 12.9. The lowest BCUT2D eigenvalue weighted by Gasteiger charge is -2.08. The molecule has 3 aromatic carbocycles. The zero-order valence-electron chi connectivity index (χ0n) is 17.8. The fourth-order valence-corrected chi connectivity index (χ4v) is 3.75. The van der Waals surface area contributed by atoms with Gasteiger partial charge < -0.3 is 9.84 Å². The largest absolute Gasteiger partial charge is 0.355 e. The molecular formula is C25H20FN5O2. The Balaban J connectivity index is 1.55. The maximum atomic E-state index is 14.0. The van der Waals surface area contributed by atoms with Crippen molar-refractivity contribution in [2.45, 2.75) is 19.8 Å². The highest BCUT2D eigenvalue weighted by atomic mass is 19.1. The summed E-state index contributed by atoms with van der Waals surface area (Å²) in [5.41, 5.74) is 3.25. The molecule has 2 heterocycles. The minimum absolute atomic E-state index is 0.0953. The van der Waals surface area contributed by atoms with Gasteiger partial charge in [-0.1, -0.05) is 66.2 Å². The third-order valence-electron chi connectivity index (χ3n) is 5.33. The number of nitrogens with zero attached hydrogens (tertiary/aromatic N) is 4. The molecule has 0 saturated heterocycles. The molecule has 164 valence electrons. The summed E-state index contributed by atoms with van der Waals surface area (Å²) in [7, 11) is 0. The van der Waals surface area contributed by atoms with Gasteiger partial charge in [0.25, 0.3) is 5.91 Å². The van der Waals surface area contributed by atoms with Gasteiger partial charge in [-0.25, -0.2) is 9.07 Å². The van der Waals surface area contributed by atoms with Gasteiger partial charge in [0, 0.05) is 5.56 Å². The van der Waals surface area contributed by atoms with Crippen LogP contribution >= 0.6 is 0 Å². The average Bonchev–Trinajstić information content (AvgIpc) is 3.45. The van der Waals surface area contributed by atoms with Gasteiger partial charge >= 0.3 is 0 Å². The normalized spacial score (nSPS) is 11.1. The van der Waals surface area contributed by atoms with Crippen molar-refractivity contribution < 1.29 is 13.7 Å². The molecule has 0 unspecified atom stereocenters. The lowest BCUT2D eigenvalue weighted by atomic mass is 10.1. The molecular weight excluding hydrogens is 421 g/mol. The standard InChI is InChI=1S/C25H20FN5O2/c1-2-8-22-23(25(32)27-21-12-7-6-11-19(21)26)28-30-31(22)17-13-14-20-18(15-17)24(33-29-20)16-9-4-3-5-10-16/h3-7,9-15H,2,8H2,1H3,(H,27,32). The van der Waals surface area contributed by atoms with Crippen molar-refractivity contribution in [2.75, 3.05) is 5.32 Å².